The van der Waals surface area contributed by atoms with E-state index in [0.717, 1.165) is 43.9 Å². The minimum atomic E-state index is -4.07. The standard InChI is InChI=1S/C14H18ClFN2O3S/c1-9(14(19)17-11-4-2-3-5-11)18-22(20,21)13-8-10(16)6-7-12(13)15/h6-9,11,18H,2-5H2,1H3,(H,17,19)/t9-/m1/s1. The van der Waals surface area contributed by atoms with Crippen LogP contribution < -0.4 is 10.0 Å². The highest BCUT2D eigenvalue weighted by molar-refractivity contribution is 7.89. The first-order valence-electron chi connectivity index (χ1n) is 7.07. The summed E-state index contributed by atoms with van der Waals surface area (Å²) in [4.78, 5) is 11.6. The quantitative estimate of drug-likeness (QED) is 0.856. The number of rotatable bonds is 5. The summed E-state index contributed by atoms with van der Waals surface area (Å²) in [5.74, 6) is -1.11. The van der Waals surface area contributed by atoms with Crippen molar-refractivity contribution >= 4 is 27.5 Å². The second kappa shape index (κ2) is 6.93. The highest BCUT2D eigenvalue weighted by Crippen LogP contribution is 2.22. The summed E-state index contributed by atoms with van der Waals surface area (Å²) in [5, 5.41) is 2.71. The van der Waals surface area contributed by atoms with Crippen molar-refractivity contribution in [1.29, 1.82) is 0 Å². The molecule has 0 heterocycles. The van der Waals surface area contributed by atoms with Crippen molar-refractivity contribution in [2.75, 3.05) is 0 Å². The molecule has 1 aliphatic rings. The van der Waals surface area contributed by atoms with E-state index in [2.05, 4.69) is 10.0 Å². The Kier molecular flexibility index (Phi) is 5.41. The van der Waals surface area contributed by atoms with E-state index in [0.29, 0.717) is 0 Å². The first kappa shape index (κ1) is 17.2. The Hall–Kier alpha value is -1.18. The van der Waals surface area contributed by atoms with Gasteiger partial charge in [-0.2, -0.15) is 4.72 Å². The minimum Gasteiger partial charge on any atom is -0.352 e. The van der Waals surface area contributed by atoms with E-state index >= 15 is 0 Å². The summed E-state index contributed by atoms with van der Waals surface area (Å²) in [6.45, 7) is 1.44. The number of sulfonamides is 1. The van der Waals surface area contributed by atoms with Gasteiger partial charge in [-0.1, -0.05) is 24.4 Å². The largest absolute Gasteiger partial charge is 0.352 e. The summed E-state index contributed by atoms with van der Waals surface area (Å²) in [5.41, 5.74) is 0. The van der Waals surface area contributed by atoms with E-state index in [1.165, 1.54) is 6.92 Å². The molecular weight excluding hydrogens is 331 g/mol. The van der Waals surface area contributed by atoms with Crippen molar-refractivity contribution in [2.24, 2.45) is 0 Å². The molecule has 2 rings (SSSR count). The molecule has 5 nitrogen and oxygen atoms in total. The van der Waals surface area contributed by atoms with Crippen LogP contribution in [-0.2, 0) is 14.8 Å². The van der Waals surface area contributed by atoms with Gasteiger partial charge in [0.05, 0.1) is 11.1 Å². The van der Waals surface area contributed by atoms with E-state index < -0.39 is 27.8 Å². The van der Waals surface area contributed by atoms with Gasteiger partial charge in [0.15, 0.2) is 0 Å². The Morgan fingerprint density at radius 3 is 2.64 bits per heavy atom. The summed E-state index contributed by atoms with van der Waals surface area (Å²) in [7, 11) is -4.07. The number of amides is 1. The molecule has 0 unspecified atom stereocenters. The molecule has 0 radical (unpaired) electrons. The van der Waals surface area contributed by atoms with Crippen molar-refractivity contribution in [2.45, 2.75) is 49.6 Å². The number of carbonyl (C=O) groups excluding carboxylic acids is 1. The van der Waals surface area contributed by atoms with Gasteiger partial charge in [-0.05, 0) is 38.0 Å². The average molecular weight is 349 g/mol. The van der Waals surface area contributed by atoms with Crippen LogP contribution in [0.25, 0.3) is 0 Å². The van der Waals surface area contributed by atoms with Crippen molar-refractivity contribution in [3.8, 4) is 0 Å². The van der Waals surface area contributed by atoms with Crippen LogP contribution in [0.3, 0.4) is 0 Å². The molecule has 0 aliphatic heterocycles. The number of hydrogen-bond acceptors (Lipinski definition) is 3. The summed E-state index contributed by atoms with van der Waals surface area (Å²) in [6.07, 6.45) is 3.93. The topological polar surface area (TPSA) is 75.3 Å². The molecule has 2 N–H and O–H groups in total. The predicted molar refractivity (Wildman–Crippen MR) is 81.6 cm³/mol. The lowest BCUT2D eigenvalue weighted by atomic mass is 10.2. The molecule has 0 saturated heterocycles. The Labute approximate surface area is 134 Å². The molecule has 1 aromatic rings. The average Bonchev–Trinajstić information content (AvgIpc) is 2.93. The molecule has 1 atom stereocenters. The molecular formula is C14H18ClFN2O3S. The molecule has 1 amide bonds. The number of halogens is 2. The van der Waals surface area contributed by atoms with Gasteiger partial charge in [0.1, 0.15) is 10.7 Å². The molecule has 1 saturated carbocycles. The number of nitrogens with one attached hydrogen (secondary N) is 2. The highest BCUT2D eigenvalue weighted by Gasteiger charge is 2.26. The van der Waals surface area contributed by atoms with Gasteiger partial charge in [0, 0.05) is 6.04 Å². The van der Waals surface area contributed by atoms with Crippen LogP contribution in [0.1, 0.15) is 32.6 Å². The first-order chi connectivity index (χ1) is 10.3. The smallest absolute Gasteiger partial charge is 0.242 e. The SMILES string of the molecule is C[C@@H](NS(=O)(=O)c1cc(F)ccc1Cl)C(=O)NC1CCCC1. The zero-order chi connectivity index (χ0) is 16.3. The number of hydrogen-bond donors (Lipinski definition) is 2. The molecule has 0 aromatic heterocycles. The first-order valence-corrected chi connectivity index (χ1v) is 8.93. The second-order valence-electron chi connectivity index (χ2n) is 5.41. The molecule has 1 aliphatic carbocycles. The maximum absolute atomic E-state index is 13.2. The maximum atomic E-state index is 13.2. The van der Waals surface area contributed by atoms with Crippen molar-refractivity contribution in [3.63, 3.8) is 0 Å². The summed E-state index contributed by atoms with van der Waals surface area (Å²) in [6, 6.07) is 2.18. The summed E-state index contributed by atoms with van der Waals surface area (Å²) < 4.78 is 39.9. The lowest BCUT2D eigenvalue weighted by Crippen LogP contribution is -2.47. The third kappa shape index (κ3) is 4.18. The Bertz CT molecular complexity index is 660. The maximum Gasteiger partial charge on any atom is 0.242 e. The predicted octanol–water partition coefficient (Wildman–Crippen LogP) is 2.20. The van der Waals surface area contributed by atoms with Crippen LogP contribution in [0, 0.1) is 5.82 Å². The molecule has 22 heavy (non-hydrogen) atoms. The van der Waals surface area contributed by atoms with Gasteiger partial charge in [0.2, 0.25) is 15.9 Å². The Balaban J connectivity index is 2.07. The van der Waals surface area contributed by atoms with Gasteiger partial charge >= 0.3 is 0 Å². The van der Waals surface area contributed by atoms with Crippen LogP contribution in [-0.4, -0.2) is 26.4 Å². The van der Waals surface area contributed by atoms with E-state index in [-0.39, 0.29) is 16.0 Å². The summed E-state index contributed by atoms with van der Waals surface area (Å²) >= 11 is 5.79. The van der Waals surface area contributed by atoms with E-state index in [4.69, 9.17) is 11.6 Å². The van der Waals surface area contributed by atoms with Gasteiger partial charge in [-0.3, -0.25) is 4.79 Å². The van der Waals surface area contributed by atoms with Crippen LogP contribution in [0.15, 0.2) is 23.1 Å². The third-order valence-electron chi connectivity index (χ3n) is 3.61. The fraction of sp³-hybridized carbons (Fsp3) is 0.500. The molecule has 0 spiro atoms. The zero-order valence-corrected chi connectivity index (χ0v) is 13.7. The molecule has 122 valence electrons. The van der Waals surface area contributed by atoms with Gasteiger partial charge < -0.3 is 5.32 Å². The number of carbonyl (C=O) groups is 1. The Morgan fingerprint density at radius 1 is 1.36 bits per heavy atom. The normalized spacial score (nSPS) is 17.4. The highest BCUT2D eigenvalue weighted by atomic mass is 35.5. The molecule has 8 heteroatoms. The van der Waals surface area contributed by atoms with Gasteiger partial charge in [-0.25, -0.2) is 12.8 Å². The number of benzene rings is 1. The molecule has 1 aromatic carbocycles. The van der Waals surface area contributed by atoms with E-state index in [1.807, 2.05) is 0 Å². The third-order valence-corrected chi connectivity index (χ3v) is 5.63. The van der Waals surface area contributed by atoms with E-state index in [1.54, 1.807) is 0 Å². The van der Waals surface area contributed by atoms with E-state index in [9.17, 15) is 17.6 Å². The minimum absolute atomic E-state index is 0.0946. The zero-order valence-electron chi connectivity index (χ0n) is 12.1. The van der Waals surface area contributed by atoms with Crippen LogP contribution in [0.4, 0.5) is 4.39 Å². The lowest BCUT2D eigenvalue weighted by molar-refractivity contribution is -0.123. The fourth-order valence-electron chi connectivity index (χ4n) is 2.43. The van der Waals surface area contributed by atoms with Crippen molar-refractivity contribution in [1.82, 2.24) is 10.0 Å². The van der Waals surface area contributed by atoms with Crippen molar-refractivity contribution in [3.05, 3.63) is 29.0 Å². The monoisotopic (exact) mass is 348 g/mol. The van der Waals surface area contributed by atoms with Crippen LogP contribution in [0.5, 0.6) is 0 Å². The Morgan fingerprint density at radius 2 is 2.00 bits per heavy atom. The lowest BCUT2D eigenvalue weighted by Gasteiger charge is -2.18. The van der Waals surface area contributed by atoms with Crippen molar-refractivity contribution < 1.29 is 17.6 Å². The second-order valence-corrected chi connectivity index (χ2v) is 7.50. The van der Waals surface area contributed by atoms with Crippen LogP contribution in [0.2, 0.25) is 5.02 Å². The van der Waals surface area contributed by atoms with Crippen LogP contribution >= 0.6 is 11.6 Å². The van der Waals surface area contributed by atoms with Gasteiger partial charge in [0.25, 0.3) is 0 Å². The molecule has 1 fully saturated rings. The van der Waals surface area contributed by atoms with Gasteiger partial charge in [-0.15, -0.1) is 0 Å². The molecule has 0 bridgehead atoms. The fourth-order valence-corrected chi connectivity index (χ4v) is 4.14.